The van der Waals surface area contributed by atoms with Gasteiger partial charge in [0.2, 0.25) is 0 Å². The van der Waals surface area contributed by atoms with Crippen LogP contribution in [0.15, 0.2) is 54.6 Å². The average Bonchev–Trinajstić information content (AvgIpc) is 2.72. The van der Waals surface area contributed by atoms with Crippen molar-refractivity contribution in [2.75, 3.05) is 0 Å². The summed E-state index contributed by atoms with van der Waals surface area (Å²) in [5.74, 6) is 0. The summed E-state index contributed by atoms with van der Waals surface area (Å²) in [5.41, 5.74) is 0.782. The Bertz CT molecular complexity index is 1060. The van der Waals surface area contributed by atoms with Crippen LogP contribution in [0.1, 0.15) is 22.3 Å². The average molecular weight is 587 g/mol. The van der Waals surface area contributed by atoms with E-state index in [1.165, 1.54) is 12.1 Å². The van der Waals surface area contributed by atoms with Crippen LogP contribution in [0.3, 0.4) is 0 Å². The normalized spacial score (nSPS) is 12.3. The lowest BCUT2D eigenvalue weighted by atomic mass is 9.96. The topological polar surface area (TPSA) is 0 Å². The third kappa shape index (κ3) is 5.46. The molecule has 0 fully saturated rings. The Kier molecular flexibility index (Phi) is 7.13. The first-order chi connectivity index (χ1) is 14.4. The molecule has 0 spiro atoms. The Labute approximate surface area is 196 Å². The van der Waals surface area contributed by atoms with Gasteiger partial charge >= 0.3 is 12.4 Å². The highest BCUT2D eigenvalue weighted by Crippen LogP contribution is 2.39. The van der Waals surface area contributed by atoms with Gasteiger partial charge in [0.15, 0.2) is 0 Å². The summed E-state index contributed by atoms with van der Waals surface area (Å²) in [5, 5.41) is 1.70. The number of hydrogen-bond donors (Lipinski definition) is 0. The second-order valence-corrected chi connectivity index (χ2v) is 8.27. The van der Waals surface area contributed by atoms with E-state index in [0.717, 1.165) is 11.1 Å². The van der Waals surface area contributed by atoms with Gasteiger partial charge in [0.1, 0.15) is 0 Å². The molecule has 164 valence electrons. The highest BCUT2D eigenvalue weighted by molar-refractivity contribution is 9.09. The van der Waals surface area contributed by atoms with Crippen molar-refractivity contribution in [1.82, 2.24) is 0 Å². The molecule has 0 nitrogen and oxygen atoms in total. The Morgan fingerprint density at radius 3 is 1.52 bits per heavy atom. The predicted octanol–water partition coefficient (Wildman–Crippen LogP) is 9.50. The third-order valence-corrected chi connectivity index (χ3v) is 6.22. The lowest BCUT2D eigenvalue weighted by Crippen LogP contribution is -2.11. The zero-order valence-corrected chi connectivity index (χ0v) is 19.4. The highest BCUT2D eigenvalue weighted by atomic mass is 79.9. The number of rotatable bonds is 4. The summed E-state index contributed by atoms with van der Waals surface area (Å²) in [6.07, 6.45) is -9.79. The molecule has 31 heavy (non-hydrogen) atoms. The van der Waals surface area contributed by atoms with Gasteiger partial charge in [-0.3, -0.25) is 0 Å². The molecule has 3 aromatic carbocycles. The fourth-order valence-electron chi connectivity index (χ4n) is 3.09. The van der Waals surface area contributed by atoms with E-state index in [0.29, 0.717) is 38.9 Å². The van der Waals surface area contributed by atoms with E-state index in [-0.39, 0.29) is 17.2 Å². The van der Waals surface area contributed by atoms with Gasteiger partial charge in [0.25, 0.3) is 0 Å². The quantitative estimate of drug-likeness (QED) is 0.211. The molecule has 0 saturated carbocycles. The molecule has 9 heteroatoms. The smallest absolute Gasteiger partial charge is 0.166 e. The second-order valence-electron chi connectivity index (χ2n) is 6.74. The first kappa shape index (κ1) is 24.1. The zero-order chi connectivity index (χ0) is 23.0. The maximum absolute atomic E-state index is 13.1. The number of hydrogen-bond acceptors (Lipinski definition) is 0. The Morgan fingerprint density at radius 1 is 0.613 bits per heavy atom. The fraction of sp³-hybridized carbons (Fsp3) is 0.182. The number of benzene rings is 3. The molecule has 0 aromatic heterocycles. The van der Waals surface area contributed by atoms with Crippen LogP contribution in [0.4, 0.5) is 26.3 Å². The maximum atomic E-state index is 13.1. The van der Waals surface area contributed by atoms with E-state index in [9.17, 15) is 26.3 Å². The Hall–Kier alpha value is -1.51. The van der Waals surface area contributed by atoms with Crippen molar-refractivity contribution in [3.8, 4) is 22.3 Å². The minimum absolute atomic E-state index is 0.116. The van der Waals surface area contributed by atoms with Crippen molar-refractivity contribution in [3.05, 3.63) is 81.9 Å². The molecule has 0 bridgehead atoms. The van der Waals surface area contributed by atoms with Gasteiger partial charge < -0.3 is 0 Å². The molecule has 3 rings (SSSR count). The number of halogens is 9. The van der Waals surface area contributed by atoms with Gasteiger partial charge in [-0.05, 0) is 58.1 Å². The molecule has 0 radical (unpaired) electrons. The molecule has 0 aliphatic carbocycles. The SMILES string of the molecule is FC(F)(F)c1cc(-c2ccc(-c3cc(CBr)c(CBr)cc3Cl)cc2)cc(C(F)(F)F)c1. The Morgan fingerprint density at radius 2 is 1.06 bits per heavy atom. The molecular formula is C22H13Br2ClF6. The van der Waals surface area contributed by atoms with Gasteiger partial charge in [0, 0.05) is 21.2 Å². The van der Waals surface area contributed by atoms with Crippen LogP contribution in [0.5, 0.6) is 0 Å². The van der Waals surface area contributed by atoms with Crippen LogP contribution in [0.25, 0.3) is 22.3 Å². The molecule has 0 aliphatic heterocycles. The highest BCUT2D eigenvalue weighted by Gasteiger charge is 2.37. The molecule has 3 aromatic rings. The first-order valence-electron chi connectivity index (χ1n) is 8.77. The standard InChI is InChI=1S/C22H13Br2ClF6/c23-10-15-7-19(20(25)8-16(15)11-24)13-3-1-12(2-4-13)14-5-17(21(26,27)28)9-18(6-14)22(29,30)31/h1-9H,10-11H2. The molecule has 0 saturated heterocycles. The summed E-state index contributed by atoms with van der Waals surface area (Å²) in [6.45, 7) is 0. The van der Waals surface area contributed by atoms with Gasteiger partial charge in [0.05, 0.1) is 11.1 Å². The van der Waals surface area contributed by atoms with E-state index in [2.05, 4.69) is 31.9 Å². The molecule has 0 aliphatic rings. The first-order valence-corrected chi connectivity index (χ1v) is 11.4. The van der Waals surface area contributed by atoms with Crippen molar-refractivity contribution in [2.45, 2.75) is 23.0 Å². The Balaban J connectivity index is 2.06. The van der Waals surface area contributed by atoms with Gasteiger partial charge in [-0.25, -0.2) is 0 Å². The summed E-state index contributed by atoms with van der Waals surface area (Å²) < 4.78 is 78.8. The summed E-state index contributed by atoms with van der Waals surface area (Å²) in [6, 6.07) is 11.5. The van der Waals surface area contributed by atoms with Crippen LogP contribution in [-0.4, -0.2) is 0 Å². The van der Waals surface area contributed by atoms with Crippen LogP contribution in [0.2, 0.25) is 5.02 Å². The minimum atomic E-state index is -4.90. The van der Waals surface area contributed by atoms with E-state index in [1.54, 1.807) is 12.1 Å². The molecule has 0 unspecified atom stereocenters. The summed E-state index contributed by atoms with van der Waals surface area (Å²) >= 11 is 13.2. The van der Waals surface area contributed by atoms with E-state index >= 15 is 0 Å². The van der Waals surface area contributed by atoms with Crippen LogP contribution in [0, 0.1) is 0 Å². The summed E-state index contributed by atoms with van der Waals surface area (Å²) in [4.78, 5) is 0. The largest absolute Gasteiger partial charge is 0.416 e. The van der Waals surface area contributed by atoms with Crippen molar-refractivity contribution >= 4 is 43.5 Å². The molecule has 0 atom stereocenters. The van der Waals surface area contributed by atoms with Crippen molar-refractivity contribution in [2.24, 2.45) is 0 Å². The van der Waals surface area contributed by atoms with Crippen LogP contribution < -0.4 is 0 Å². The molecule has 0 N–H and O–H groups in total. The lowest BCUT2D eigenvalue weighted by Gasteiger charge is -2.15. The second kappa shape index (κ2) is 9.16. The lowest BCUT2D eigenvalue weighted by molar-refractivity contribution is -0.143. The van der Waals surface area contributed by atoms with E-state index in [1.807, 2.05) is 12.1 Å². The summed E-state index contributed by atoms with van der Waals surface area (Å²) in [7, 11) is 0. The van der Waals surface area contributed by atoms with Gasteiger partial charge in [-0.2, -0.15) is 26.3 Å². The predicted molar refractivity (Wildman–Crippen MR) is 118 cm³/mol. The molecule has 0 heterocycles. The van der Waals surface area contributed by atoms with Gasteiger partial charge in [-0.1, -0.05) is 67.7 Å². The van der Waals surface area contributed by atoms with Crippen LogP contribution >= 0.6 is 43.5 Å². The van der Waals surface area contributed by atoms with Crippen molar-refractivity contribution in [1.29, 1.82) is 0 Å². The van der Waals surface area contributed by atoms with Gasteiger partial charge in [-0.15, -0.1) is 0 Å². The van der Waals surface area contributed by atoms with Crippen LogP contribution in [-0.2, 0) is 23.0 Å². The fourth-order valence-corrected chi connectivity index (χ4v) is 4.43. The third-order valence-electron chi connectivity index (χ3n) is 4.69. The molecular weight excluding hydrogens is 573 g/mol. The number of alkyl halides is 8. The van der Waals surface area contributed by atoms with E-state index < -0.39 is 23.5 Å². The van der Waals surface area contributed by atoms with Crippen molar-refractivity contribution in [3.63, 3.8) is 0 Å². The monoisotopic (exact) mass is 584 g/mol. The van der Waals surface area contributed by atoms with Crippen molar-refractivity contribution < 1.29 is 26.3 Å². The zero-order valence-electron chi connectivity index (χ0n) is 15.5. The maximum Gasteiger partial charge on any atom is 0.416 e. The molecule has 0 amide bonds. The van der Waals surface area contributed by atoms with E-state index in [4.69, 9.17) is 11.6 Å². The minimum Gasteiger partial charge on any atom is -0.166 e.